The molecule has 0 saturated heterocycles. The first-order valence-electron chi connectivity index (χ1n) is 7.95. The zero-order chi connectivity index (χ0) is 14.1. The molecule has 0 heterocycles. The number of likely N-dealkylation sites (N-methyl/N-ethyl adjacent to an activating group) is 1. The third kappa shape index (κ3) is 4.82. The van der Waals surface area contributed by atoms with Crippen molar-refractivity contribution in [2.75, 3.05) is 13.2 Å². The molecule has 3 atom stereocenters. The first-order valence-corrected chi connectivity index (χ1v) is 7.95. The van der Waals surface area contributed by atoms with E-state index in [0.29, 0.717) is 6.04 Å². The molecule has 3 unspecified atom stereocenters. The van der Waals surface area contributed by atoms with E-state index in [-0.39, 0.29) is 5.60 Å². The average Bonchev–Trinajstić information content (AvgIpc) is 2.38. The van der Waals surface area contributed by atoms with Crippen molar-refractivity contribution in [3.63, 3.8) is 0 Å². The Morgan fingerprint density at radius 3 is 2.79 bits per heavy atom. The van der Waals surface area contributed by atoms with Gasteiger partial charge in [-0.2, -0.15) is 0 Å². The van der Waals surface area contributed by atoms with Crippen LogP contribution >= 0.6 is 0 Å². The maximum Gasteiger partial charge on any atom is 0.0837 e. The van der Waals surface area contributed by atoms with Gasteiger partial charge in [0.15, 0.2) is 0 Å². The first-order chi connectivity index (χ1) is 9.18. The second-order valence-corrected chi connectivity index (χ2v) is 5.78. The molecule has 0 aromatic heterocycles. The average molecular weight is 265 g/mol. The molecule has 1 N–H and O–H groups in total. The highest BCUT2D eigenvalue weighted by molar-refractivity contribution is 5.01. The van der Waals surface area contributed by atoms with Crippen LogP contribution in [-0.2, 0) is 4.74 Å². The molecule has 1 fully saturated rings. The quantitative estimate of drug-likeness (QED) is 0.708. The van der Waals surface area contributed by atoms with E-state index >= 15 is 0 Å². The van der Waals surface area contributed by atoms with Crippen LogP contribution < -0.4 is 5.32 Å². The number of nitrogens with one attached hydrogen (secondary N) is 1. The van der Waals surface area contributed by atoms with Gasteiger partial charge in [-0.05, 0) is 45.6 Å². The van der Waals surface area contributed by atoms with Crippen LogP contribution in [-0.4, -0.2) is 24.8 Å². The van der Waals surface area contributed by atoms with Gasteiger partial charge in [0, 0.05) is 19.1 Å². The fraction of sp³-hybridized carbons (Fsp3) is 0.882. The summed E-state index contributed by atoms with van der Waals surface area (Å²) >= 11 is 0. The van der Waals surface area contributed by atoms with Crippen LogP contribution in [0.5, 0.6) is 0 Å². The second kappa shape index (κ2) is 8.61. The highest BCUT2D eigenvalue weighted by atomic mass is 16.5. The molecule has 2 heteroatoms. The van der Waals surface area contributed by atoms with E-state index in [1.165, 1.54) is 25.7 Å². The maximum absolute atomic E-state index is 6.28. The first kappa shape index (κ1) is 16.5. The lowest BCUT2D eigenvalue weighted by atomic mass is 9.73. The van der Waals surface area contributed by atoms with Crippen molar-refractivity contribution in [3.05, 3.63) is 0 Å². The lowest BCUT2D eigenvalue weighted by Gasteiger charge is -2.45. The molecule has 0 aromatic rings. The van der Waals surface area contributed by atoms with E-state index in [1.807, 2.05) is 6.92 Å². The van der Waals surface area contributed by atoms with Gasteiger partial charge in [0.05, 0.1) is 5.60 Å². The predicted octanol–water partition coefficient (Wildman–Crippen LogP) is 3.75. The molecule has 0 radical (unpaired) electrons. The Labute approximate surface area is 119 Å². The van der Waals surface area contributed by atoms with Crippen molar-refractivity contribution in [1.82, 2.24) is 5.32 Å². The summed E-state index contributed by atoms with van der Waals surface area (Å²) in [7, 11) is 0. The third-order valence-corrected chi connectivity index (χ3v) is 4.24. The van der Waals surface area contributed by atoms with Crippen LogP contribution in [0.1, 0.15) is 66.2 Å². The molecule has 0 spiro atoms. The number of hydrogen-bond donors (Lipinski definition) is 1. The van der Waals surface area contributed by atoms with Gasteiger partial charge in [-0.25, -0.2) is 0 Å². The van der Waals surface area contributed by atoms with Gasteiger partial charge < -0.3 is 10.1 Å². The van der Waals surface area contributed by atoms with Crippen molar-refractivity contribution in [2.24, 2.45) is 5.92 Å². The maximum atomic E-state index is 6.28. The molecule has 1 aliphatic carbocycles. The summed E-state index contributed by atoms with van der Waals surface area (Å²) in [5.74, 6) is 6.98. The number of ether oxygens (including phenoxy) is 1. The lowest BCUT2D eigenvalue weighted by molar-refractivity contribution is -0.101. The van der Waals surface area contributed by atoms with E-state index in [2.05, 4.69) is 37.9 Å². The van der Waals surface area contributed by atoms with Crippen molar-refractivity contribution in [3.8, 4) is 11.8 Å². The summed E-state index contributed by atoms with van der Waals surface area (Å²) in [5, 5.41) is 3.66. The molecular formula is C17H31NO. The minimum Gasteiger partial charge on any atom is -0.374 e. The highest BCUT2D eigenvalue weighted by Crippen LogP contribution is 2.39. The van der Waals surface area contributed by atoms with Crippen LogP contribution in [0.2, 0.25) is 0 Å². The van der Waals surface area contributed by atoms with Crippen LogP contribution in [0.15, 0.2) is 0 Å². The topological polar surface area (TPSA) is 21.3 Å². The molecule has 1 aliphatic rings. The number of rotatable bonds is 7. The van der Waals surface area contributed by atoms with Crippen molar-refractivity contribution >= 4 is 0 Å². The van der Waals surface area contributed by atoms with Gasteiger partial charge in [0.1, 0.15) is 0 Å². The molecule has 0 amide bonds. The Bertz CT molecular complexity index is 300. The summed E-state index contributed by atoms with van der Waals surface area (Å²) in [6, 6.07) is 0.445. The van der Waals surface area contributed by atoms with Gasteiger partial charge in [0.2, 0.25) is 0 Å². The molecule has 1 saturated carbocycles. The Balaban J connectivity index is 2.79. The van der Waals surface area contributed by atoms with Crippen molar-refractivity contribution < 1.29 is 4.74 Å². The van der Waals surface area contributed by atoms with Crippen LogP contribution in [0.3, 0.4) is 0 Å². The molecule has 1 rings (SSSR count). The van der Waals surface area contributed by atoms with Crippen LogP contribution in [0, 0.1) is 17.8 Å². The summed E-state index contributed by atoms with van der Waals surface area (Å²) in [6.45, 7) is 10.4. The number of hydrogen-bond acceptors (Lipinski definition) is 2. The van der Waals surface area contributed by atoms with Gasteiger partial charge in [0.25, 0.3) is 0 Å². The van der Waals surface area contributed by atoms with E-state index < -0.39 is 0 Å². The van der Waals surface area contributed by atoms with Crippen LogP contribution in [0.4, 0.5) is 0 Å². The normalized spacial score (nSPS) is 28.5. The zero-order valence-corrected chi connectivity index (χ0v) is 13.2. The minimum absolute atomic E-state index is 0.0395. The Kier molecular flexibility index (Phi) is 7.49. The van der Waals surface area contributed by atoms with Crippen LogP contribution in [0.25, 0.3) is 0 Å². The van der Waals surface area contributed by atoms with Crippen molar-refractivity contribution in [2.45, 2.75) is 77.9 Å². The molecule has 110 valence electrons. The minimum atomic E-state index is 0.0395. The largest absolute Gasteiger partial charge is 0.374 e. The van der Waals surface area contributed by atoms with E-state index in [9.17, 15) is 0 Å². The molecule has 0 aliphatic heterocycles. The summed E-state index contributed by atoms with van der Waals surface area (Å²) in [5.41, 5.74) is 0.0395. The van der Waals surface area contributed by atoms with Gasteiger partial charge >= 0.3 is 0 Å². The Hall–Kier alpha value is -0.520. The predicted molar refractivity (Wildman–Crippen MR) is 82.1 cm³/mol. The summed E-state index contributed by atoms with van der Waals surface area (Å²) in [4.78, 5) is 0. The van der Waals surface area contributed by atoms with E-state index in [1.54, 1.807) is 0 Å². The second-order valence-electron chi connectivity index (χ2n) is 5.78. The standard InChI is InChI=1S/C17H31NO/c1-5-8-9-12-16(18-6-2)17(19-7-3)13-10-11-15(4)14-17/h15-16,18H,6-7,9-14H2,1-4H3. The van der Waals surface area contributed by atoms with Gasteiger partial charge in [-0.15, -0.1) is 11.8 Å². The molecule has 2 nitrogen and oxygen atoms in total. The SMILES string of the molecule is CC#CCCC(NCC)C1(OCC)CCCC(C)C1. The smallest absolute Gasteiger partial charge is 0.0837 e. The van der Waals surface area contributed by atoms with Gasteiger partial charge in [-0.1, -0.05) is 26.7 Å². The van der Waals surface area contributed by atoms with E-state index in [0.717, 1.165) is 31.9 Å². The summed E-state index contributed by atoms with van der Waals surface area (Å²) < 4.78 is 6.28. The monoisotopic (exact) mass is 265 g/mol. The highest BCUT2D eigenvalue weighted by Gasteiger charge is 2.41. The molecule has 0 aromatic carbocycles. The fourth-order valence-corrected chi connectivity index (χ4v) is 3.52. The molecule has 19 heavy (non-hydrogen) atoms. The molecule has 0 bridgehead atoms. The Morgan fingerprint density at radius 1 is 1.42 bits per heavy atom. The summed E-state index contributed by atoms with van der Waals surface area (Å²) in [6.07, 6.45) is 7.10. The van der Waals surface area contributed by atoms with E-state index in [4.69, 9.17) is 4.74 Å². The zero-order valence-electron chi connectivity index (χ0n) is 13.2. The molecular weight excluding hydrogens is 234 g/mol. The Morgan fingerprint density at radius 2 is 2.21 bits per heavy atom. The third-order valence-electron chi connectivity index (χ3n) is 4.24. The van der Waals surface area contributed by atoms with Crippen molar-refractivity contribution in [1.29, 1.82) is 0 Å². The lowest BCUT2D eigenvalue weighted by Crippen LogP contribution is -2.54. The fourth-order valence-electron chi connectivity index (χ4n) is 3.52. The van der Waals surface area contributed by atoms with Gasteiger partial charge in [-0.3, -0.25) is 0 Å².